The molecule has 0 radical (unpaired) electrons. The highest BCUT2D eigenvalue weighted by molar-refractivity contribution is 7.91. The maximum Gasteiger partial charge on any atom is 0.573 e. The summed E-state index contributed by atoms with van der Waals surface area (Å²) >= 11 is 0. The zero-order valence-electron chi connectivity index (χ0n) is 14.4. The molecule has 2 aliphatic heterocycles. The van der Waals surface area contributed by atoms with E-state index in [4.69, 9.17) is 0 Å². The molecule has 1 unspecified atom stereocenters. The Balaban J connectivity index is 1.68. The van der Waals surface area contributed by atoms with Crippen molar-refractivity contribution in [1.29, 1.82) is 0 Å². The molecule has 0 bridgehead atoms. The van der Waals surface area contributed by atoms with Crippen LogP contribution in [0.15, 0.2) is 29.4 Å². The molecular formula is C16H16F3N3O5S. The predicted octanol–water partition coefficient (Wildman–Crippen LogP) is 1.69. The lowest BCUT2D eigenvalue weighted by molar-refractivity contribution is -0.274. The first-order chi connectivity index (χ1) is 13.0. The fourth-order valence-electron chi connectivity index (χ4n) is 2.93. The van der Waals surface area contributed by atoms with Crippen molar-refractivity contribution >= 4 is 33.1 Å². The Kier molecular flexibility index (Phi) is 5.33. The van der Waals surface area contributed by atoms with Crippen LogP contribution < -0.4 is 10.1 Å². The number of hydrogen-bond donors (Lipinski definition) is 1. The Morgan fingerprint density at radius 2 is 1.89 bits per heavy atom. The van der Waals surface area contributed by atoms with Crippen molar-refractivity contribution in [2.24, 2.45) is 5.10 Å². The number of halogens is 3. The Morgan fingerprint density at radius 1 is 1.21 bits per heavy atom. The van der Waals surface area contributed by atoms with Gasteiger partial charge in [-0.1, -0.05) is 0 Å². The molecule has 0 aliphatic carbocycles. The van der Waals surface area contributed by atoms with Gasteiger partial charge < -0.3 is 10.1 Å². The lowest BCUT2D eigenvalue weighted by Crippen LogP contribution is -2.42. The lowest BCUT2D eigenvalue weighted by Gasteiger charge is -2.27. The molecule has 28 heavy (non-hydrogen) atoms. The molecule has 3 rings (SSSR count). The highest BCUT2D eigenvalue weighted by Crippen LogP contribution is 2.25. The summed E-state index contributed by atoms with van der Waals surface area (Å²) in [6.45, 7) is 0. The van der Waals surface area contributed by atoms with E-state index in [-0.39, 0.29) is 48.1 Å². The summed E-state index contributed by atoms with van der Waals surface area (Å²) in [5.74, 6) is -1.64. The average molecular weight is 419 g/mol. The van der Waals surface area contributed by atoms with Gasteiger partial charge in [0.2, 0.25) is 5.91 Å². The molecule has 1 aromatic carbocycles. The first-order valence-corrected chi connectivity index (χ1v) is 10.1. The highest BCUT2D eigenvalue weighted by Gasteiger charge is 2.37. The van der Waals surface area contributed by atoms with E-state index in [9.17, 15) is 31.2 Å². The summed E-state index contributed by atoms with van der Waals surface area (Å²) in [6, 6.07) is 3.96. The fraction of sp³-hybridized carbons (Fsp3) is 0.438. The zero-order chi connectivity index (χ0) is 20.5. The van der Waals surface area contributed by atoms with E-state index in [1.165, 1.54) is 12.1 Å². The topological polar surface area (TPSA) is 105 Å². The van der Waals surface area contributed by atoms with Gasteiger partial charge >= 0.3 is 6.36 Å². The second-order valence-electron chi connectivity index (χ2n) is 6.37. The van der Waals surface area contributed by atoms with Gasteiger partial charge in [0.25, 0.3) is 5.91 Å². The van der Waals surface area contributed by atoms with Gasteiger partial charge in [0.15, 0.2) is 9.84 Å². The molecule has 0 aromatic heterocycles. The highest BCUT2D eigenvalue weighted by atomic mass is 32.2. The third-order valence-electron chi connectivity index (χ3n) is 4.22. The Hall–Kier alpha value is -2.63. The van der Waals surface area contributed by atoms with Crippen LogP contribution in [0.1, 0.15) is 19.3 Å². The first-order valence-electron chi connectivity index (χ1n) is 8.29. The minimum Gasteiger partial charge on any atom is -0.406 e. The van der Waals surface area contributed by atoms with E-state index in [0.717, 1.165) is 17.1 Å². The van der Waals surface area contributed by atoms with Crippen molar-refractivity contribution in [2.75, 3.05) is 16.8 Å². The number of benzene rings is 1. The standard InChI is InChI=1S/C16H16F3N3O5S/c17-16(18,19)27-12-3-1-10(2-4-12)20-15(24)13-5-6-14(23)22(21-13)11-7-8-28(25,26)9-11/h1-4,11H,5-9H2,(H,20,24). The van der Waals surface area contributed by atoms with Crippen LogP contribution in [0.25, 0.3) is 0 Å². The Labute approximate surface area is 158 Å². The van der Waals surface area contributed by atoms with Gasteiger partial charge in [0.1, 0.15) is 11.5 Å². The maximum absolute atomic E-state index is 12.4. The number of rotatable bonds is 4. The number of nitrogens with one attached hydrogen (secondary N) is 1. The van der Waals surface area contributed by atoms with Crippen LogP contribution in [0.3, 0.4) is 0 Å². The molecule has 8 nitrogen and oxygen atoms in total. The quantitative estimate of drug-likeness (QED) is 0.800. The van der Waals surface area contributed by atoms with E-state index in [2.05, 4.69) is 15.2 Å². The number of ether oxygens (including phenoxy) is 1. The molecule has 12 heteroatoms. The van der Waals surface area contributed by atoms with E-state index in [0.29, 0.717) is 0 Å². The third kappa shape index (κ3) is 5.00. The number of amides is 2. The fourth-order valence-corrected chi connectivity index (χ4v) is 4.62. The monoisotopic (exact) mass is 419 g/mol. The molecule has 0 saturated carbocycles. The summed E-state index contributed by atoms with van der Waals surface area (Å²) in [7, 11) is -3.23. The number of carbonyl (C=O) groups is 2. The molecule has 2 aliphatic rings. The molecule has 1 aromatic rings. The molecule has 0 spiro atoms. The molecule has 152 valence electrons. The molecule has 2 heterocycles. The second-order valence-corrected chi connectivity index (χ2v) is 8.60. The molecular weight excluding hydrogens is 403 g/mol. The number of hydrazone groups is 1. The van der Waals surface area contributed by atoms with Crippen LogP contribution in [0.2, 0.25) is 0 Å². The van der Waals surface area contributed by atoms with Gasteiger partial charge in [-0.3, -0.25) is 9.59 Å². The number of nitrogens with zero attached hydrogens (tertiary/aromatic N) is 2. The number of sulfone groups is 1. The summed E-state index contributed by atoms with van der Waals surface area (Å²) in [5, 5.41) is 7.56. The Bertz CT molecular complexity index is 912. The largest absolute Gasteiger partial charge is 0.573 e. The molecule has 1 fully saturated rings. The SMILES string of the molecule is O=C(Nc1ccc(OC(F)(F)F)cc1)C1=NN(C2CCS(=O)(=O)C2)C(=O)CC1. The van der Waals surface area contributed by atoms with Gasteiger partial charge in [0, 0.05) is 18.5 Å². The minimum atomic E-state index is -4.81. The van der Waals surface area contributed by atoms with Crippen LogP contribution in [-0.2, 0) is 19.4 Å². The van der Waals surface area contributed by atoms with Gasteiger partial charge in [0.05, 0.1) is 17.5 Å². The van der Waals surface area contributed by atoms with Crippen LogP contribution in [0, 0.1) is 0 Å². The number of carbonyl (C=O) groups excluding carboxylic acids is 2. The van der Waals surface area contributed by atoms with Crippen molar-refractivity contribution < 1.29 is 35.9 Å². The first kappa shape index (κ1) is 20.1. The molecule has 2 amide bonds. The van der Waals surface area contributed by atoms with Gasteiger partial charge in [-0.25, -0.2) is 13.4 Å². The van der Waals surface area contributed by atoms with E-state index < -0.39 is 33.9 Å². The third-order valence-corrected chi connectivity index (χ3v) is 5.97. The minimum absolute atomic E-state index is 0.0150. The smallest absolute Gasteiger partial charge is 0.406 e. The molecule has 1 saturated heterocycles. The predicted molar refractivity (Wildman–Crippen MR) is 92.3 cm³/mol. The number of anilines is 1. The maximum atomic E-state index is 12.4. The van der Waals surface area contributed by atoms with E-state index >= 15 is 0 Å². The second kappa shape index (κ2) is 7.41. The zero-order valence-corrected chi connectivity index (χ0v) is 15.2. The molecule has 1 atom stereocenters. The van der Waals surface area contributed by atoms with E-state index in [1.807, 2.05) is 0 Å². The Morgan fingerprint density at radius 3 is 2.46 bits per heavy atom. The summed E-state index contributed by atoms with van der Waals surface area (Å²) in [6.07, 6.45) is -4.46. The normalized spacial score (nSPS) is 22.0. The van der Waals surface area contributed by atoms with Crippen molar-refractivity contribution in [3.05, 3.63) is 24.3 Å². The van der Waals surface area contributed by atoms with Crippen molar-refractivity contribution in [3.63, 3.8) is 0 Å². The summed E-state index contributed by atoms with van der Waals surface area (Å²) < 4.78 is 63.5. The number of hydrogen-bond acceptors (Lipinski definition) is 6. The van der Waals surface area contributed by atoms with Crippen molar-refractivity contribution in [3.8, 4) is 5.75 Å². The summed E-state index contributed by atoms with van der Waals surface area (Å²) in [5.41, 5.74) is 0.258. The number of alkyl halides is 3. The van der Waals surface area contributed by atoms with Crippen molar-refractivity contribution in [2.45, 2.75) is 31.7 Å². The summed E-state index contributed by atoms with van der Waals surface area (Å²) in [4.78, 5) is 24.4. The molecule has 1 N–H and O–H groups in total. The average Bonchev–Trinajstić information content (AvgIpc) is 2.95. The van der Waals surface area contributed by atoms with Gasteiger partial charge in [-0.15, -0.1) is 13.2 Å². The van der Waals surface area contributed by atoms with Crippen molar-refractivity contribution in [1.82, 2.24) is 5.01 Å². The van der Waals surface area contributed by atoms with Crippen LogP contribution >= 0.6 is 0 Å². The van der Waals surface area contributed by atoms with Crippen LogP contribution in [0.4, 0.5) is 18.9 Å². The van der Waals surface area contributed by atoms with Crippen LogP contribution in [-0.4, -0.2) is 54.9 Å². The lowest BCUT2D eigenvalue weighted by atomic mass is 10.1. The van der Waals surface area contributed by atoms with Gasteiger partial charge in [-0.2, -0.15) is 5.10 Å². The van der Waals surface area contributed by atoms with Gasteiger partial charge in [-0.05, 0) is 30.7 Å². The van der Waals surface area contributed by atoms with E-state index in [1.54, 1.807) is 0 Å². The van der Waals surface area contributed by atoms with Crippen LogP contribution in [0.5, 0.6) is 5.75 Å².